The SMILES string of the molecule is COc1cccc([C@H]2O[C@H](Cc3ncc(CCCC(=O)O)o3)c3nnc(C(F)(F)F)n3-c3ccc(Cl)cc32)c1OC. The van der Waals surface area contributed by atoms with Crippen molar-refractivity contribution in [3.8, 4) is 17.2 Å². The number of fused-ring (bicyclic) bond motifs is 3. The number of alkyl halides is 3. The number of methoxy groups -OCH3 is 2. The molecule has 216 valence electrons. The minimum Gasteiger partial charge on any atom is -0.493 e. The number of hydrogen-bond donors (Lipinski definition) is 1. The van der Waals surface area contributed by atoms with Crippen molar-refractivity contribution in [2.75, 3.05) is 14.2 Å². The summed E-state index contributed by atoms with van der Waals surface area (Å²) in [5.41, 5.74) is 0.926. The van der Waals surface area contributed by atoms with Crippen molar-refractivity contribution in [3.05, 3.63) is 82.0 Å². The van der Waals surface area contributed by atoms with Gasteiger partial charge in [0.1, 0.15) is 18.0 Å². The van der Waals surface area contributed by atoms with E-state index in [0.717, 1.165) is 4.57 Å². The van der Waals surface area contributed by atoms with Crippen LogP contribution in [0.2, 0.25) is 5.02 Å². The minimum atomic E-state index is -4.83. The monoisotopic (exact) mass is 592 g/mol. The van der Waals surface area contributed by atoms with Crippen LogP contribution in [-0.2, 0) is 28.5 Å². The van der Waals surface area contributed by atoms with Crippen molar-refractivity contribution < 1.29 is 41.7 Å². The normalized spacial score (nSPS) is 16.5. The Labute approximate surface area is 236 Å². The molecular formula is C27H24ClF3N4O6. The highest BCUT2D eigenvalue weighted by atomic mass is 35.5. The topological polar surface area (TPSA) is 122 Å². The molecule has 5 rings (SSSR count). The summed E-state index contributed by atoms with van der Waals surface area (Å²) in [5, 5.41) is 16.5. The van der Waals surface area contributed by atoms with E-state index in [4.69, 9.17) is 35.3 Å². The average molecular weight is 593 g/mol. The molecule has 0 saturated carbocycles. The molecule has 4 aromatic rings. The molecule has 0 bridgehead atoms. The van der Waals surface area contributed by atoms with Crippen molar-refractivity contribution in [2.45, 2.75) is 44.1 Å². The number of rotatable bonds is 9. The van der Waals surface area contributed by atoms with E-state index in [1.165, 1.54) is 38.6 Å². The van der Waals surface area contributed by atoms with Gasteiger partial charge in [0, 0.05) is 29.0 Å². The largest absolute Gasteiger partial charge is 0.493 e. The summed E-state index contributed by atoms with van der Waals surface area (Å²) in [6.45, 7) is 0. The Kier molecular flexibility index (Phi) is 7.91. The first kappa shape index (κ1) is 28.4. The van der Waals surface area contributed by atoms with Crippen LogP contribution in [0.4, 0.5) is 13.2 Å². The van der Waals surface area contributed by atoms with Gasteiger partial charge < -0.3 is 23.7 Å². The lowest BCUT2D eigenvalue weighted by Gasteiger charge is -2.24. The number of carbonyl (C=O) groups is 1. The van der Waals surface area contributed by atoms with E-state index in [1.807, 2.05) is 0 Å². The van der Waals surface area contributed by atoms with Crippen molar-refractivity contribution in [1.82, 2.24) is 19.7 Å². The summed E-state index contributed by atoms with van der Waals surface area (Å²) in [6, 6.07) is 9.57. The van der Waals surface area contributed by atoms with Crippen LogP contribution in [0.5, 0.6) is 11.5 Å². The first-order valence-electron chi connectivity index (χ1n) is 12.4. The number of oxazole rings is 1. The molecule has 0 saturated heterocycles. The Hall–Kier alpha value is -4.10. The third-order valence-corrected chi connectivity index (χ3v) is 6.77. The maximum Gasteiger partial charge on any atom is 0.452 e. The van der Waals surface area contributed by atoms with E-state index >= 15 is 0 Å². The molecule has 0 amide bonds. The highest BCUT2D eigenvalue weighted by molar-refractivity contribution is 6.30. The van der Waals surface area contributed by atoms with Crippen molar-refractivity contribution >= 4 is 17.6 Å². The van der Waals surface area contributed by atoms with E-state index in [2.05, 4.69) is 15.2 Å². The number of ether oxygens (including phenoxy) is 3. The molecule has 0 unspecified atom stereocenters. The quantitative estimate of drug-likeness (QED) is 0.259. The Balaban J connectivity index is 1.64. The zero-order chi connectivity index (χ0) is 29.3. The highest BCUT2D eigenvalue weighted by Crippen LogP contribution is 2.47. The van der Waals surface area contributed by atoms with E-state index in [0.29, 0.717) is 41.2 Å². The fourth-order valence-electron chi connectivity index (χ4n) is 4.79. The van der Waals surface area contributed by atoms with Gasteiger partial charge in [-0.05, 0) is 30.7 Å². The number of carboxylic acid groups (broad SMARTS) is 1. The van der Waals surface area contributed by atoms with Crippen LogP contribution >= 0.6 is 11.6 Å². The fraction of sp³-hybridized carbons (Fsp3) is 0.333. The number of carboxylic acids is 1. The number of halogens is 4. The molecule has 2 atom stereocenters. The Morgan fingerprint density at radius 1 is 1.15 bits per heavy atom. The summed E-state index contributed by atoms with van der Waals surface area (Å²) in [5.74, 6) is -0.949. The second kappa shape index (κ2) is 11.4. The lowest BCUT2D eigenvalue weighted by atomic mass is 9.98. The van der Waals surface area contributed by atoms with Gasteiger partial charge in [-0.1, -0.05) is 23.7 Å². The first-order chi connectivity index (χ1) is 19.6. The van der Waals surface area contributed by atoms with Crippen LogP contribution in [0, 0.1) is 0 Å². The molecule has 0 fully saturated rings. The molecule has 1 aliphatic heterocycles. The van der Waals surface area contributed by atoms with Gasteiger partial charge in [0.25, 0.3) is 0 Å². The predicted molar refractivity (Wildman–Crippen MR) is 137 cm³/mol. The molecule has 14 heteroatoms. The molecule has 0 radical (unpaired) electrons. The number of aryl methyl sites for hydroxylation is 1. The number of para-hydroxylation sites is 1. The summed E-state index contributed by atoms with van der Waals surface area (Å²) < 4.78 is 66.9. The van der Waals surface area contributed by atoms with Crippen LogP contribution < -0.4 is 9.47 Å². The van der Waals surface area contributed by atoms with Gasteiger partial charge in [-0.3, -0.25) is 9.36 Å². The number of nitrogens with zero attached hydrogens (tertiary/aromatic N) is 4. The van der Waals surface area contributed by atoms with Gasteiger partial charge in [0.05, 0.1) is 32.5 Å². The fourth-order valence-corrected chi connectivity index (χ4v) is 4.97. The third kappa shape index (κ3) is 5.72. The second-order valence-electron chi connectivity index (χ2n) is 9.18. The van der Waals surface area contributed by atoms with Gasteiger partial charge in [-0.2, -0.15) is 13.2 Å². The molecule has 10 nitrogen and oxygen atoms in total. The number of benzene rings is 2. The van der Waals surface area contributed by atoms with E-state index in [1.54, 1.807) is 18.2 Å². The van der Waals surface area contributed by atoms with Gasteiger partial charge in [-0.25, -0.2) is 4.98 Å². The molecule has 2 aromatic carbocycles. The van der Waals surface area contributed by atoms with Crippen molar-refractivity contribution in [1.29, 1.82) is 0 Å². The van der Waals surface area contributed by atoms with E-state index in [-0.39, 0.29) is 35.3 Å². The maximum atomic E-state index is 14.2. The molecule has 2 aromatic heterocycles. The van der Waals surface area contributed by atoms with Gasteiger partial charge in [0.15, 0.2) is 23.2 Å². The molecule has 3 heterocycles. The summed E-state index contributed by atoms with van der Waals surface area (Å²) in [7, 11) is 2.92. The number of aliphatic carboxylic acids is 1. The maximum absolute atomic E-state index is 14.2. The number of hydrogen-bond acceptors (Lipinski definition) is 8. The lowest BCUT2D eigenvalue weighted by Crippen LogP contribution is -2.17. The van der Waals surface area contributed by atoms with Crippen LogP contribution in [0.25, 0.3) is 5.69 Å². The van der Waals surface area contributed by atoms with Crippen molar-refractivity contribution in [2.24, 2.45) is 0 Å². The first-order valence-corrected chi connectivity index (χ1v) is 12.8. The molecule has 1 N–H and O–H groups in total. The molecule has 0 aliphatic carbocycles. The Morgan fingerprint density at radius 3 is 2.66 bits per heavy atom. The van der Waals surface area contributed by atoms with E-state index < -0.39 is 30.2 Å². The standard InChI is InChI=1S/C27H24ClF3N4O6/c1-38-19-7-4-6-16(24(19)39-2)23-17-11-14(28)9-10-18(17)35-25(33-34-26(35)27(29,30)31)20(41-23)12-21-32-13-15(40-21)5-3-8-22(36)37/h4,6-7,9-11,13,20,23H,3,5,8,12H2,1-2H3,(H,36,37)/t20-,23-/m1/s1. The Morgan fingerprint density at radius 2 is 1.95 bits per heavy atom. The smallest absolute Gasteiger partial charge is 0.452 e. The van der Waals surface area contributed by atoms with Gasteiger partial charge in [0.2, 0.25) is 5.82 Å². The summed E-state index contributed by atoms with van der Waals surface area (Å²) in [6.07, 6.45) is -4.96. The zero-order valence-electron chi connectivity index (χ0n) is 21.8. The van der Waals surface area contributed by atoms with Gasteiger partial charge in [-0.15, -0.1) is 10.2 Å². The second-order valence-corrected chi connectivity index (χ2v) is 9.61. The molecule has 1 aliphatic rings. The van der Waals surface area contributed by atoms with Crippen molar-refractivity contribution in [3.63, 3.8) is 0 Å². The summed E-state index contributed by atoms with van der Waals surface area (Å²) >= 11 is 6.34. The average Bonchev–Trinajstić information content (AvgIpc) is 3.55. The molecule has 0 spiro atoms. The van der Waals surface area contributed by atoms with Crippen LogP contribution in [-0.4, -0.2) is 45.0 Å². The minimum absolute atomic E-state index is 0.0457. The van der Waals surface area contributed by atoms with Gasteiger partial charge >= 0.3 is 12.1 Å². The van der Waals surface area contributed by atoms with Crippen LogP contribution in [0.15, 0.2) is 47.0 Å². The van der Waals surface area contributed by atoms with Crippen LogP contribution in [0.3, 0.4) is 0 Å². The zero-order valence-corrected chi connectivity index (χ0v) is 22.6. The highest BCUT2D eigenvalue weighted by Gasteiger charge is 2.43. The van der Waals surface area contributed by atoms with E-state index in [9.17, 15) is 18.0 Å². The van der Waals surface area contributed by atoms with Crippen LogP contribution in [0.1, 0.15) is 59.5 Å². The summed E-state index contributed by atoms with van der Waals surface area (Å²) in [4.78, 5) is 15.1. The lowest BCUT2D eigenvalue weighted by molar-refractivity contribution is -0.146. The Bertz CT molecular complexity index is 1570. The number of aromatic nitrogens is 4. The third-order valence-electron chi connectivity index (χ3n) is 6.53. The molecular weight excluding hydrogens is 569 g/mol. The molecule has 41 heavy (non-hydrogen) atoms. The predicted octanol–water partition coefficient (Wildman–Crippen LogP) is 5.76.